The molecule has 1 saturated heterocycles. The maximum absolute atomic E-state index is 12.0. The van der Waals surface area contributed by atoms with E-state index in [1.807, 2.05) is 5.38 Å². The Morgan fingerprint density at radius 2 is 2.39 bits per heavy atom. The summed E-state index contributed by atoms with van der Waals surface area (Å²) in [7, 11) is 0. The first kappa shape index (κ1) is 13.0. The highest BCUT2D eigenvalue weighted by atomic mass is 32.1. The second-order valence-electron chi connectivity index (χ2n) is 4.50. The monoisotopic (exact) mass is 268 g/mol. The average Bonchev–Trinajstić information content (AvgIpc) is 2.89. The molecule has 0 unspecified atom stereocenters. The van der Waals surface area contributed by atoms with Crippen molar-refractivity contribution in [2.24, 2.45) is 5.92 Å². The van der Waals surface area contributed by atoms with Gasteiger partial charge in [-0.25, -0.2) is 4.98 Å². The minimum absolute atomic E-state index is 0.0361. The van der Waals surface area contributed by atoms with Crippen LogP contribution in [0.1, 0.15) is 25.0 Å². The Kier molecular flexibility index (Phi) is 4.30. The number of hydrogen-bond donors (Lipinski definition) is 1. The molecule has 0 bridgehead atoms. The number of carboxylic acid groups (broad SMARTS) is 1. The number of piperidine rings is 1. The highest BCUT2D eigenvalue weighted by molar-refractivity contribution is 7.07. The number of thiazole rings is 1. The van der Waals surface area contributed by atoms with Crippen LogP contribution in [-0.4, -0.2) is 40.0 Å². The second kappa shape index (κ2) is 5.95. The van der Waals surface area contributed by atoms with Crippen LogP contribution in [0.5, 0.6) is 0 Å². The van der Waals surface area contributed by atoms with Gasteiger partial charge in [0.05, 0.1) is 17.1 Å². The predicted molar refractivity (Wildman–Crippen MR) is 67.4 cm³/mol. The Hall–Kier alpha value is -1.43. The number of nitrogens with zero attached hydrogens (tertiary/aromatic N) is 2. The molecule has 0 spiro atoms. The van der Waals surface area contributed by atoms with Gasteiger partial charge in [-0.15, -0.1) is 11.3 Å². The standard InChI is InChI=1S/C12H16N2O3S/c15-11(4-3-10-7-18-8-13-10)14-5-1-2-9(6-14)12(16)17/h7-9H,1-6H2,(H,16,17)/t9-/m0/s1. The van der Waals surface area contributed by atoms with Crippen LogP contribution in [0.4, 0.5) is 0 Å². The molecule has 18 heavy (non-hydrogen) atoms. The van der Waals surface area contributed by atoms with Gasteiger partial charge in [0.1, 0.15) is 0 Å². The van der Waals surface area contributed by atoms with Crippen molar-refractivity contribution in [3.8, 4) is 0 Å². The minimum Gasteiger partial charge on any atom is -0.481 e. The molecule has 1 amide bonds. The lowest BCUT2D eigenvalue weighted by molar-refractivity contribution is -0.145. The maximum Gasteiger partial charge on any atom is 0.308 e. The van der Waals surface area contributed by atoms with Crippen LogP contribution < -0.4 is 0 Å². The SMILES string of the molecule is O=C(O)[C@H]1CCCN(C(=O)CCc2cscn2)C1. The number of amides is 1. The van der Waals surface area contributed by atoms with E-state index in [0.29, 0.717) is 32.4 Å². The third kappa shape index (κ3) is 3.29. The largest absolute Gasteiger partial charge is 0.481 e. The molecule has 1 atom stereocenters. The summed E-state index contributed by atoms with van der Waals surface area (Å²) in [5, 5.41) is 10.9. The molecule has 1 aliphatic heterocycles. The van der Waals surface area contributed by atoms with Crippen LogP contribution in [0.25, 0.3) is 0 Å². The predicted octanol–water partition coefficient (Wildman–Crippen LogP) is 1.40. The Morgan fingerprint density at radius 3 is 3.06 bits per heavy atom. The zero-order valence-electron chi connectivity index (χ0n) is 10.0. The van der Waals surface area contributed by atoms with Crippen LogP contribution in [0.2, 0.25) is 0 Å². The van der Waals surface area contributed by atoms with Gasteiger partial charge in [-0.3, -0.25) is 9.59 Å². The summed E-state index contributed by atoms with van der Waals surface area (Å²) in [6, 6.07) is 0. The molecule has 0 saturated carbocycles. The summed E-state index contributed by atoms with van der Waals surface area (Å²) >= 11 is 1.52. The fourth-order valence-electron chi connectivity index (χ4n) is 2.16. The van der Waals surface area contributed by atoms with Gasteiger partial charge in [-0.1, -0.05) is 0 Å². The highest BCUT2D eigenvalue weighted by Gasteiger charge is 2.27. The van der Waals surface area contributed by atoms with Crippen LogP contribution in [-0.2, 0) is 16.0 Å². The quantitative estimate of drug-likeness (QED) is 0.896. The fourth-order valence-corrected chi connectivity index (χ4v) is 2.75. The van der Waals surface area contributed by atoms with Crippen molar-refractivity contribution in [1.82, 2.24) is 9.88 Å². The topological polar surface area (TPSA) is 70.5 Å². The summed E-state index contributed by atoms with van der Waals surface area (Å²) < 4.78 is 0. The smallest absolute Gasteiger partial charge is 0.308 e. The van der Waals surface area contributed by atoms with Crippen molar-refractivity contribution < 1.29 is 14.7 Å². The lowest BCUT2D eigenvalue weighted by atomic mass is 9.98. The van der Waals surface area contributed by atoms with Gasteiger partial charge in [0.2, 0.25) is 5.91 Å². The van der Waals surface area contributed by atoms with E-state index in [-0.39, 0.29) is 5.91 Å². The Morgan fingerprint density at radius 1 is 1.56 bits per heavy atom. The maximum atomic E-state index is 12.0. The normalized spacial score (nSPS) is 19.8. The minimum atomic E-state index is -0.799. The van der Waals surface area contributed by atoms with E-state index in [0.717, 1.165) is 12.1 Å². The van der Waals surface area contributed by atoms with Gasteiger partial charge in [-0.2, -0.15) is 0 Å². The molecule has 1 N–H and O–H groups in total. The van der Waals surface area contributed by atoms with Crippen molar-refractivity contribution in [2.45, 2.75) is 25.7 Å². The molecule has 1 aromatic rings. The van der Waals surface area contributed by atoms with Gasteiger partial charge in [-0.05, 0) is 19.3 Å². The molecule has 2 heterocycles. The molecule has 2 rings (SSSR count). The molecule has 0 radical (unpaired) electrons. The lowest BCUT2D eigenvalue weighted by Crippen LogP contribution is -2.42. The molecule has 0 aliphatic carbocycles. The van der Waals surface area contributed by atoms with Gasteiger partial charge in [0, 0.05) is 24.9 Å². The second-order valence-corrected chi connectivity index (χ2v) is 5.22. The first-order valence-corrected chi connectivity index (χ1v) is 6.98. The molecular formula is C12H16N2O3S. The van der Waals surface area contributed by atoms with E-state index >= 15 is 0 Å². The summed E-state index contributed by atoms with van der Waals surface area (Å²) in [6.45, 7) is 1.03. The van der Waals surface area contributed by atoms with Crippen molar-refractivity contribution in [2.75, 3.05) is 13.1 Å². The van der Waals surface area contributed by atoms with Crippen LogP contribution >= 0.6 is 11.3 Å². The van der Waals surface area contributed by atoms with E-state index in [1.165, 1.54) is 11.3 Å². The van der Waals surface area contributed by atoms with E-state index in [1.54, 1.807) is 10.4 Å². The average molecular weight is 268 g/mol. The van der Waals surface area contributed by atoms with E-state index in [9.17, 15) is 9.59 Å². The number of aromatic nitrogens is 1. The lowest BCUT2D eigenvalue weighted by Gasteiger charge is -2.30. The van der Waals surface area contributed by atoms with Gasteiger partial charge >= 0.3 is 5.97 Å². The number of aryl methyl sites for hydroxylation is 1. The molecule has 1 aromatic heterocycles. The Labute approximate surface area is 109 Å². The van der Waals surface area contributed by atoms with Gasteiger partial charge in [0.15, 0.2) is 0 Å². The Bertz CT molecular complexity index is 419. The highest BCUT2D eigenvalue weighted by Crippen LogP contribution is 2.17. The van der Waals surface area contributed by atoms with Gasteiger partial charge < -0.3 is 10.0 Å². The number of carbonyl (C=O) groups is 2. The number of hydrogen-bond acceptors (Lipinski definition) is 4. The summed E-state index contributed by atoms with van der Waals surface area (Å²) in [4.78, 5) is 28.7. The van der Waals surface area contributed by atoms with E-state index in [2.05, 4.69) is 4.98 Å². The van der Waals surface area contributed by atoms with E-state index in [4.69, 9.17) is 5.11 Å². The Balaban J connectivity index is 1.83. The first-order chi connectivity index (χ1) is 8.66. The van der Waals surface area contributed by atoms with Gasteiger partial charge in [0.25, 0.3) is 0 Å². The van der Waals surface area contributed by atoms with Crippen molar-refractivity contribution >= 4 is 23.2 Å². The fraction of sp³-hybridized carbons (Fsp3) is 0.583. The molecular weight excluding hydrogens is 252 g/mol. The van der Waals surface area contributed by atoms with Crippen molar-refractivity contribution in [1.29, 1.82) is 0 Å². The number of likely N-dealkylation sites (tertiary alicyclic amines) is 1. The number of carbonyl (C=O) groups excluding carboxylic acids is 1. The van der Waals surface area contributed by atoms with Crippen molar-refractivity contribution in [3.63, 3.8) is 0 Å². The van der Waals surface area contributed by atoms with Crippen molar-refractivity contribution in [3.05, 3.63) is 16.6 Å². The zero-order valence-corrected chi connectivity index (χ0v) is 10.9. The number of rotatable bonds is 4. The third-order valence-corrected chi connectivity index (χ3v) is 3.84. The summed E-state index contributed by atoms with van der Waals surface area (Å²) in [6.07, 6.45) is 2.50. The third-order valence-electron chi connectivity index (χ3n) is 3.20. The molecule has 98 valence electrons. The summed E-state index contributed by atoms with van der Waals surface area (Å²) in [5.74, 6) is -1.16. The first-order valence-electron chi connectivity index (χ1n) is 6.04. The molecule has 1 fully saturated rings. The molecule has 5 nitrogen and oxygen atoms in total. The molecule has 0 aromatic carbocycles. The number of carboxylic acids is 1. The van der Waals surface area contributed by atoms with E-state index < -0.39 is 11.9 Å². The summed E-state index contributed by atoms with van der Waals surface area (Å²) in [5.41, 5.74) is 2.68. The molecule has 6 heteroatoms. The van der Waals surface area contributed by atoms with Crippen LogP contribution in [0, 0.1) is 5.92 Å². The number of aliphatic carboxylic acids is 1. The van der Waals surface area contributed by atoms with Crippen LogP contribution in [0.15, 0.2) is 10.9 Å². The molecule has 1 aliphatic rings. The zero-order chi connectivity index (χ0) is 13.0. The van der Waals surface area contributed by atoms with Crippen LogP contribution in [0.3, 0.4) is 0 Å².